The smallest absolute Gasteiger partial charge is 0.293 e. The zero-order valence-electron chi connectivity index (χ0n) is 10.6. The molecule has 2 unspecified atom stereocenters. The van der Waals surface area contributed by atoms with E-state index >= 15 is 0 Å². The van der Waals surface area contributed by atoms with E-state index in [9.17, 15) is 9.18 Å². The van der Waals surface area contributed by atoms with Gasteiger partial charge in [0.05, 0.1) is 11.6 Å². The first-order valence-electron chi connectivity index (χ1n) is 6.25. The highest BCUT2D eigenvalue weighted by molar-refractivity contribution is 5.74. The largest absolute Gasteiger partial charge is 0.401 e. The second-order valence-corrected chi connectivity index (χ2v) is 4.95. The Morgan fingerprint density at radius 2 is 1.58 bits per heavy atom. The summed E-state index contributed by atoms with van der Waals surface area (Å²) in [6.45, 7) is 1.90. The van der Waals surface area contributed by atoms with Gasteiger partial charge in [0.15, 0.2) is 0 Å². The van der Waals surface area contributed by atoms with E-state index in [4.69, 9.17) is 0 Å². The quantitative estimate of drug-likeness (QED) is 0.450. The highest BCUT2D eigenvalue weighted by atomic mass is 19.1. The Morgan fingerprint density at radius 3 is 2.11 bits per heavy atom. The summed E-state index contributed by atoms with van der Waals surface area (Å²) in [4.78, 5) is 12.5. The molecule has 0 saturated carbocycles. The molecule has 1 heterocycles. The van der Waals surface area contributed by atoms with Crippen molar-refractivity contribution in [1.82, 2.24) is 4.90 Å². The SMILES string of the molecule is CC1(c2ccccc2)C(c2ccccc2)N1C(=O)F. The van der Waals surface area contributed by atoms with Gasteiger partial charge in [0.1, 0.15) is 0 Å². The topological polar surface area (TPSA) is 20.1 Å². The summed E-state index contributed by atoms with van der Waals surface area (Å²) in [7, 11) is 0. The Bertz CT molecular complexity index is 599. The molecule has 1 aliphatic rings. The van der Waals surface area contributed by atoms with E-state index in [1.165, 1.54) is 4.90 Å². The standard InChI is InChI=1S/C16H14FNO/c1-16(13-10-6-3-7-11-13)14(18(16)15(17)19)12-8-4-2-5-9-12/h2-11,14H,1H3. The van der Waals surface area contributed by atoms with Crippen molar-refractivity contribution in [3.63, 3.8) is 0 Å². The molecule has 0 aromatic heterocycles. The molecule has 0 bridgehead atoms. The van der Waals surface area contributed by atoms with E-state index in [1.54, 1.807) is 0 Å². The number of benzene rings is 2. The van der Waals surface area contributed by atoms with Crippen LogP contribution in [-0.4, -0.2) is 11.1 Å². The van der Waals surface area contributed by atoms with Crippen LogP contribution in [0.25, 0.3) is 0 Å². The molecule has 0 radical (unpaired) electrons. The van der Waals surface area contributed by atoms with Crippen molar-refractivity contribution in [2.45, 2.75) is 18.5 Å². The van der Waals surface area contributed by atoms with Crippen LogP contribution in [0.1, 0.15) is 24.1 Å². The third-order valence-electron chi connectivity index (χ3n) is 3.89. The number of hydrogen-bond donors (Lipinski definition) is 0. The minimum absolute atomic E-state index is 0.228. The van der Waals surface area contributed by atoms with Crippen LogP contribution in [0, 0.1) is 0 Å². The molecule has 2 aromatic carbocycles. The van der Waals surface area contributed by atoms with Crippen LogP contribution in [0.2, 0.25) is 0 Å². The van der Waals surface area contributed by atoms with Gasteiger partial charge in [0.25, 0.3) is 0 Å². The number of carbonyl (C=O) groups is 1. The second kappa shape index (κ2) is 4.19. The Labute approximate surface area is 111 Å². The third kappa shape index (κ3) is 1.73. The first kappa shape index (κ1) is 11.9. The molecule has 1 fully saturated rings. The minimum Gasteiger partial charge on any atom is -0.293 e. The van der Waals surface area contributed by atoms with Crippen LogP contribution in [0.3, 0.4) is 0 Å². The lowest BCUT2D eigenvalue weighted by Crippen LogP contribution is -2.14. The molecule has 0 N–H and O–H groups in total. The molecule has 2 nitrogen and oxygen atoms in total. The zero-order chi connectivity index (χ0) is 13.5. The van der Waals surface area contributed by atoms with Crippen molar-refractivity contribution >= 4 is 6.16 Å². The average molecular weight is 255 g/mol. The summed E-state index contributed by atoms with van der Waals surface area (Å²) in [5, 5.41) is 0. The number of halogens is 1. The highest BCUT2D eigenvalue weighted by Gasteiger charge is 2.63. The molecule has 3 rings (SSSR count). The maximum atomic E-state index is 13.3. The van der Waals surface area contributed by atoms with E-state index in [0.29, 0.717) is 0 Å². The summed E-state index contributed by atoms with van der Waals surface area (Å²) in [6, 6.07) is 18.9. The van der Waals surface area contributed by atoms with Crippen LogP contribution in [0.4, 0.5) is 9.18 Å². The summed E-state index contributed by atoms with van der Waals surface area (Å²) >= 11 is 0. The molecule has 0 aliphatic carbocycles. The van der Waals surface area contributed by atoms with Crippen molar-refractivity contribution in [2.24, 2.45) is 0 Å². The third-order valence-corrected chi connectivity index (χ3v) is 3.89. The van der Waals surface area contributed by atoms with Gasteiger partial charge in [-0.05, 0) is 18.1 Å². The molecule has 1 saturated heterocycles. The fourth-order valence-corrected chi connectivity index (χ4v) is 2.85. The molecule has 1 aliphatic heterocycles. The van der Waals surface area contributed by atoms with Crippen molar-refractivity contribution in [3.05, 3.63) is 71.8 Å². The van der Waals surface area contributed by atoms with E-state index in [0.717, 1.165) is 11.1 Å². The van der Waals surface area contributed by atoms with Gasteiger partial charge >= 0.3 is 6.16 Å². The average Bonchev–Trinajstić information content (AvgIpc) is 3.09. The van der Waals surface area contributed by atoms with Gasteiger partial charge in [-0.1, -0.05) is 60.7 Å². The Hall–Kier alpha value is -2.16. The first-order chi connectivity index (χ1) is 9.15. The first-order valence-corrected chi connectivity index (χ1v) is 6.25. The molecule has 3 heteroatoms. The fourth-order valence-electron chi connectivity index (χ4n) is 2.85. The van der Waals surface area contributed by atoms with Gasteiger partial charge in [-0.15, -0.1) is 4.39 Å². The maximum Gasteiger partial charge on any atom is 0.401 e. The van der Waals surface area contributed by atoms with Gasteiger partial charge < -0.3 is 0 Å². The molecule has 1 amide bonds. The van der Waals surface area contributed by atoms with Crippen molar-refractivity contribution in [3.8, 4) is 0 Å². The fraction of sp³-hybridized carbons (Fsp3) is 0.188. The molecular weight excluding hydrogens is 241 g/mol. The van der Waals surface area contributed by atoms with E-state index in [-0.39, 0.29) is 6.04 Å². The van der Waals surface area contributed by atoms with E-state index in [2.05, 4.69) is 0 Å². The number of hydrogen-bond acceptors (Lipinski definition) is 1. The minimum atomic E-state index is -1.37. The van der Waals surface area contributed by atoms with Crippen molar-refractivity contribution in [1.29, 1.82) is 0 Å². The summed E-state index contributed by atoms with van der Waals surface area (Å²) in [5.41, 5.74) is 1.32. The summed E-state index contributed by atoms with van der Waals surface area (Å²) < 4.78 is 13.3. The lowest BCUT2D eigenvalue weighted by atomic mass is 9.93. The summed E-state index contributed by atoms with van der Waals surface area (Å²) in [6.07, 6.45) is -1.37. The maximum absolute atomic E-state index is 13.3. The van der Waals surface area contributed by atoms with Crippen molar-refractivity contribution in [2.75, 3.05) is 0 Å². The lowest BCUT2D eigenvalue weighted by Gasteiger charge is -2.09. The Kier molecular flexibility index (Phi) is 2.63. The van der Waals surface area contributed by atoms with Gasteiger partial charge in [0, 0.05) is 0 Å². The lowest BCUT2D eigenvalue weighted by molar-refractivity contribution is 0.199. The number of rotatable bonds is 2. The number of amides is 1. The monoisotopic (exact) mass is 255 g/mol. The summed E-state index contributed by atoms with van der Waals surface area (Å²) in [5.74, 6) is 0. The molecule has 2 aromatic rings. The predicted molar refractivity (Wildman–Crippen MR) is 71.3 cm³/mol. The zero-order valence-corrected chi connectivity index (χ0v) is 10.6. The van der Waals surface area contributed by atoms with E-state index in [1.807, 2.05) is 67.6 Å². The van der Waals surface area contributed by atoms with Crippen LogP contribution >= 0.6 is 0 Å². The Morgan fingerprint density at radius 1 is 1.05 bits per heavy atom. The molecule has 19 heavy (non-hydrogen) atoms. The van der Waals surface area contributed by atoms with Crippen molar-refractivity contribution < 1.29 is 9.18 Å². The van der Waals surface area contributed by atoms with Crippen LogP contribution in [-0.2, 0) is 5.54 Å². The van der Waals surface area contributed by atoms with Gasteiger partial charge in [-0.25, -0.2) is 4.79 Å². The van der Waals surface area contributed by atoms with Gasteiger partial charge in [-0.2, -0.15) is 0 Å². The number of nitrogens with zero attached hydrogens (tertiary/aromatic N) is 1. The molecule has 0 spiro atoms. The normalized spacial score (nSPS) is 25.2. The molecule has 2 atom stereocenters. The van der Waals surface area contributed by atoms with Crippen LogP contribution in [0.15, 0.2) is 60.7 Å². The Balaban J connectivity index is 2.04. The van der Waals surface area contributed by atoms with Crippen LogP contribution in [0.5, 0.6) is 0 Å². The predicted octanol–water partition coefficient (Wildman–Crippen LogP) is 4.05. The highest BCUT2D eigenvalue weighted by Crippen LogP contribution is 2.60. The van der Waals surface area contributed by atoms with Gasteiger partial charge in [-0.3, -0.25) is 4.90 Å². The van der Waals surface area contributed by atoms with E-state index < -0.39 is 11.7 Å². The number of carbonyl (C=O) groups excluding carboxylic acids is 1. The molecule has 96 valence electrons. The van der Waals surface area contributed by atoms with Gasteiger partial charge in [0.2, 0.25) is 0 Å². The second-order valence-electron chi connectivity index (χ2n) is 4.95. The molecular formula is C16H14FNO. The van der Waals surface area contributed by atoms with Crippen LogP contribution < -0.4 is 0 Å².